The van der Waals surface area contributed by atoms with E-state index in [0.717, 1.165) is 6.54 Å². The van der Waals surface area contributed by atoms with Crippen molar-refractivity contribution < 1.29 is 0 Å². The summed E-state index contributed by atoms with van der Waals surface area (Å²) in [7, 11) is 2.21. The lowest BCUT2D eigenvalue weighted by molar-refractivity contribution is 0.355. The summed E-state index contributed by atoms with van der Waals surface area (Å²) < 4.78 is 2.40. The number of hydrogen-bond donors (Lipinski definition) is 1. The number of aromatic nitrogens is 1. The molecule has 1 atom stereocenters. The van der Waals surface area contributed by atoms with Crippen LogP contribution in [-0.4, -0.2) is 41.9 Å². The van der Waals surface area contributed by atoms with Crippen molar-refractivity contribution in [3.63, 3.8) is 0 Å². The second kappa shape index (κ2) is 4.43. The lowest BCUT2D eigenvalue weighted by Crippen LogP contribution is -2.24. The Balaban J connectivity index is 1.75. The number of likely N-dealkylation sites (N-methyl/N-ethyl adjacent to an activating group) is 1. The summed E-state index contributed by atoms with van der Waals surface area (Å²) in [5.74, 6) is 1.25. The molecule has 3 nitrogen and oxygen atoms in total. The van der Waals surface area contributed by atoms with Crippen molar-refractivity contribution in [1.82, 2.24) is 14.8 Å². The van der Waals surface area contributed by atoms with E-state index in [4.69, 9.17) is 0 Å². The van der Waals surface area contributed by atoms with Gasteiger partial charge in [0.2, 0.25) is 0 Å². The third-order valence-electron chi connectivity index (χ3n) is 3.55. The zero-order valence-electron chi connectivity index (χ0n) is 9.78. The Kier molecular flexibility index (Phi) is 2.96. The monoisotopic (exact) mass is 237 g/mol. The number of fused-ring (bicyclic) bond motifs is 1. The van der Waals surface area contributed by atoms with Gasteiger partial charge in [0.15, 0.2) is 0 Å². The van der Waals surface area contributed by atoms with E-state index in [1.54, 1.807) is 0 Å². The summed E-state index contributed by atoms with van der Waals surface area (Å²) in [4.78, 5) is 2.41. The largest absolute Gasteiger partial charge is 0.342 e. The Bertz CT molecular complexity index is 353. The molecule has 0 aromatic carbocycles. The fourth-order valence-electron chi connectivity index (χ4n) is 2.52. The van der Waals surface area contributed by atoms with Gasteiger partial charge in [-0.05, 0) is 31.6 Å². The Morgan fingerprint density at radius 2 is 2.31 bits per heavy atom. The van der Waals surface area contributed by atoms with Crippen LogP contribution >= 0.6 is 11.8 Å². The molecule has 1 N–H and O–H groups in total. The van der Waals surface area contributed by atoms with Crippen LogP contribution in [0.25, 0.3) is 0 Å². The molecule has 88 valence electrons. The lowest BCUT2D eigenvalue weighted by atomic mass is 10.1. The van der Waals surface area contributed by atoms with Crippen molar-refractivity contribution in [1.29, 1.82) is 0 Å². The van der Waals surface area contributed by atoms with Gasteiger partial charge in [0.05, 0.1) is 5.03 Å². The van der Waals surface area contributed by atoms with E-state index >= 15 is 0 Å². The fraction of sp³-hybridized carbons (Fsp3) is 0.667. The van der Waals surface area contributed by atoms with Crippen LogP contribution < -0.4 is 5.32 Å². The van der Waals surface area contributed by atoms with Crippen LogP contribution in [0.15, 0.2) is 17.3 Å². The highest BCUT2D eigenvalue weighted by Crippen LogP contribution is 2.31. The van der Waals surface area contributed by atoms with Gasteiger partial charge in [-0.15, -0.1) is 11.8 Å². The van der Waals surface area contributed by atoms with Crippen molar-refractivity contribution in [3.8, 4) is 0 Å². The average molecular weight is 237 g/mol. The topological polar surface area (TPSA) is 20.2 Å². The molecule has 1 saturated heterocycles. The Labute approximate surface area is 101 Å². The molecular weight excluding hydrogens is 218 g/mol. The second-order valence-corrected chi connectivity index (χ2v) is 5.87. The molecule has 0 spiro atoms. The van der Waals surface area contributed by atoms with Gasteiger partial charge in [0, 0.05) is 37.6 Å². The van der Waals surface area contributed by atoms with Crippen molar-refractivity contribution >= 4 is 11.8 Å². The minimum atomic E-state index is 0.559. The molecule has 0 aliphatic carbocycles. The van der Waals surface area contributed by atoms with Gasteiger partial charge in [-0.1, -0.05) is 0 Å². The number of rotatable bonds is 1. The molecule has 2 aliphatic rings. The maximum Gasteiger partial charge on any atom is 0.0752 e. The molecule has 0 amide bonds. The molecule has 0 radical (unpaired) electrons. The first-order chi connectivity index (χ1) is 7.83. The molecule has 3 rings (SSSR count). The molecule has 4 heteroatoms. The molecule has 3 heterocycles. The van der Waals surface area contributed by atoms with Crippen LogP contribution in [0.3, 0.4) is 0 Å². The molecular formula is C12H19N3S. The van der Waals surface area contributed by atoms with Crippen LogP contribution in [0.4, 0.5) is 0 Å². The van der Waals surface area contributed by atoms with E-state index in [9.17, 15) is 0 Å². The van der Waals surface area contributed by atoms with Gasteiger partial charge in [-0.25, -0.2) is 0 Å². The van der Waals surface area contributed by atoms with Crippen LogP contribution in [0.1, 0.15) is 18.0 Å². The average Bonchev–Trinajstić information content (AvgIpc) is 2.77. The Morgan fingerprint density at radius 3 is 3.19 bits per heavy atom. The summed E-state index contributed by atoms with van der Waals surface area (Å²) in [6.07, 6.45) is 3.57. The third kappa shape index (κ3) is 2.01. The molecule has 1 aromatic heterocycles. The number of nitrogens with zero attached hydrogens (tertiary/aromatic N) is 2. The highest BCUT2D eigenvalue weighted by Gasteiger charge is 2.20. The quantitative estimate of drug-likeness (QED) is 0.800. The van der Waals surface area contributed by atoms with Crippen LogP contribution in [-0.2, 0) is 6.54 Å². The van der Waals surface area contributed by atoms with Gasteiger partial charge < -0.3 is 14.8 Å². The van der Waals surface area contributed by atoms with Crippen LogP contribution in [0, 0.1) is 0 Å². The molecule has 0 saturated carbocycles. The van der Waals surface area contributed by atoms with Crippen LogP contribution in [0.2, 0.25) is 0 Å². The van der Waals surface area contributed by atoms with Gasteiger partial charge in [0.1, 0.15) is 0 Å². The molecule has 16 heavy (non-hydrogen) atoms. The second-order valence-electron chi connectivity index (χ2n) is 4.75. The minimum Gasteiger partial charge on any atom is -0.342 e. The van der Waals surface area contributed by atoms with Gasteiger partial charge >= 0.3 is 0 Å². The molecule has 0 bridgehead atoms. The van der Waals surface area contributed by atoms with Gasteiger partial charge in [-0.2, -0.15) is 0 Å². The van der Waals surface area contributed by atoms with E-state index in [1.165, 1.54) is 42.4 Å². The van der Waals surface area contributed by atoms with Crippen molar-refractivity contribution in [2.75, 3.05) is 32.4 Å². The van der Waals surface area contributed by atoms with E-state index < -0.39 is 0 Å². The van der Waals surface area contributed by atoms with Gasteiger partial charge in [0.25, 0.3) is 0 Å². The Hall–Kier alpha value is -0.450. The minimum absolute atomic E-state index is 0.559. The highest BCUT2D eigenvalue weighted by atomic mass is 32.2. The van der Waals surface area contributed by atoms with E-state index in [-0.39, 0.29) is 0 Å². The highest BCUT2D eigenvalue weighted by molar-refractivity contribution is 7.99. The third-order valence-corrected chi connectivity index (χ3v) is 4.58. The predicted molar refractivity (Wildman–Crippen MR) is 68.0 cm³/mol. The van der Waals surface area contributed by atoms with Gasteiger partial charge in [-0.3, -0.25) is 0 Å². The molecule has 2 aliphatic heterocycles. The zero-order chi connectivity index (χ0) is 11.0. The fourth-order valence-corrected chi connectivity index (χ4v) is 3.55. The Morgan fingerprint density at radius 1 is 1.38 bits per heavy atom. The van der Waals surface area contributed by atoms with Crippen LogP contribution in [0.5, 0.6) is 0 Å². The lowest BCUT2D eigenvalue weighted by Gasteiger charge is -2.14. The number of nitrogens with one attached hydrogen (secondary N) is 1. The molecule has 1 fully saturated rings. The van der Waals surface area contributed by atoms with Crippen molar-refractivity contribution in [2.24, 2.45) is 0 Å². The SMILES string of the molecule is CN1CCNC(c2cc3n(c2)CCS3)CC1. The number of hydrogen-bond acceptors (Lipinski definition) is 3. The summed E-state index contributed by atoms with van der Waals surface area (Å²) in [6, 6.07) is 2.93. The van der Waals surface area contributed by atoms with E-state index in [1.807, 2.05) is 11.8 Å². The summed E-state index contributed by atoms with van der Waals surface area (Å²) in [5, 5.41) is 5.11. The standard InChI is InChI=1S/C12H19N3S/c1-14-4-2-11(13-3-5-14)10-8-12-15(9-10)6-7-16-12/h8-9,11,13H,2-7H2,1H3. The van der Waals surface area contributed by atoms with E-state index in [2.05, 4.69) is 34.1 Å². The maximum atomic E-state index is 3.65. The summed E-state index contributed by atoms with van der Waals surface area (Å²) >= 11 is 1.98. The van der Waals surface area contributed by atoms with Crippen molar-refractivity contribution in [3.05, 3.63) is 17.8 Å². The first-order valence-corrected chi connectivity index (χ1v) is 7.06. The zero-order valence-corrected chi connectivity index (χ0v) is 10.6. The van der Waals surface area contributed by atoms with E-state index in [0.29, 0.717) is 6.04 Å². The first kappa shape index (κ1) is 10.7. The maximum absolute atomic E-state index is 3.65. The molecule has 1 aromatic rings. The summed E-state index contributed by atoms with van der Waals surface area (Å²) in [6.45, 7) is 4.66. The molecule has 1 unspecified atom stereocenters. The summed E-state index contributed by atoms with van der Waals surface area (Å²) in [5.41, 5.74) is 1.48. The van der Waals surface area contributed by atoms with Crippen molar-refractivity contribution in [2.45, 2.75) is 24.0 Å². The smallest absolute Gasteiger partial charge is 0.0752 e. The first-order valence-electron chi connectivity index (χ1n) is 6.08. The number of thioether (sulfide) groups is 1. The normalized spacial score (nSPS) is 26.7. The predicted octanol–water partition coefficient (Wildman–Crippen LogP) is 1.56. The number of aryl methyl sites for hydroxylation is 1.